The standard InChI is InChI=1S/C15H15F3N4O2S/c1-8(13-9-5-7-25-10(9)4-6-24-13)19-14(23)20-12-3-2-11(21-22-12)15(16,17)18/h2-3,5,7-8,13H,4,6H2,1H3,(H2,19,20,22,23). The minimum Gasteiger partial charge on any atom is -0.371 e. The van der Waals surface area contributed by atoms with Crippen LogP contribution in [-0.2, 0) is 17.3 Å². The number of alkyl halides is 3. The van der Waals surface area contributed by atoms with Crippen LogP contribution >= 0.6 is 11.3 Å². The highest BCUT2D eigenvalue weighted by molar-refractivity contribution is 7.10. The minimum atomic E-state index is -4.57. The van der Waals surface area contributed by atoms with Gasteiger partial charge in [-0.3, -0.25) is 5.32 Å². The first-order chi connectivity index (χ1) is 11.8. The van der Waals surface area contributed by atoms with Crippen molar-refractivity contribution in [2.45, 2.75) is 31.7 Å². The lowest BCUT2D eigenvalue weighted by Crippen LogP contribution is -2.41. The van der Waals surface area contributed by atoms with E-state index in [1.807, 2.05) is 11.4 Å². The minimum absolute atomic E-state index is 0.0708. The third kappa shape index (κ3) is 4.07. The van der Waals surface area contributed by atoms with Gasteiger partial charge in [-0.2, -0.15) is 13.2 Å². The molecule has 0 aromatic carbocycles. The second kappa shape index (κ2) is 6.96. The zero-order chi connectivity index (χ0) is 18.0. The van der Waals surface area contributed by atoms with E-state index in [0.717, 1.165) is 24.1 Å². The fourth-order valence-electron chi connectivity index (χ4n) is 2.57. The monoisotopic (exact) mass is 372 g/mol. The van der Waals surface area contributed by atoms with Crippen LogP contribution in [-0.4, -0.2) is 28.9 Å². The number of anilines is 1. The summed E-state index contributed by atoms with van der Waals surface area (Å²) >= 11 is 1.65. The van der Waals surface area contributed by atoms with Crippen LogP contribution in [0, 0.1) is 0 Å². The lowest BCUT2D eigenvalue weighted by atomic mass is 10.0. The number of nitrogens with zero attached hydrogens (tertiary/aromatic N) is 2. The molecule has 0 aliphatic carbocycles. The highest BCUT2D eigenvalue weighted by Gasteiger charge is 2.33. The summed E-state index contributed by atoms with van der Waals surface area (Å²) < 4.78 is 43.1. The molecule has 0 fully saturated rings. The summed E-state index contributed by atoms with van der Waals surface area (Å²) in [7, 11) is 0. The number of aromatic nitrogens is 2. The number of fused-ring (bicyclic) bond motifs is 1. The van der Waals surface area contributed by atoms with Gasteiger partial charge in [-0.15, -0.1) is 21.5 Å². The predicted octanol–water partition coefficient (Wildman–Crippen LogP) is 3.38. The normalized spacial score (nSPS) is 18.3. The molecule has 3 rings (SSSR count). The van der Waals surface area contributed by atoms with Crippen LogP contribution in [0.3, 0.4) is 0 Å². The Morgan fingerprint density at radius 2 is 2.16 bits per heavy atom. The first-order valence-corrected chi connectivity index (χ1v) is 8.39. The Labute approximate surface area is 145 Å². The van der Waals surface area contributed by atoms with Crippen LogP contribution < -0.4 is 10.6 Å². The molecule has 2 aromatic heterocycles. The molecule has 0 spiro atoms. The van der Waals surface area contributed by atoms with Crippen molar-refractivity contribution in [2.75, 3.05) is 11.9 Å². The zero-order valence-corrected chi connectivity index (χ0v) is 13.9. The van der Waals surface area contributed by atoms with Gasteiger partial charge in [0.05, 0.1) is 12.6 Å². The molecule has 0 saturated carbocycles. The number of urea groups is 1. The molecular formula is C15H15F3N4O2S. The summed E-state index contributed by atoms with van der Waals surface area (Å²) in [6, 6.07) is 2.87. The van der Waals surface area contributed by atoms with Crippen LogP contribution in [0.4, 0.5) is 23.8 Å². The smallest absolute Gasteiger partial charge is 0.371 e. The molecule has 6 nitrogen and oxygen atoms in total. The molecule has 25 heavy (non-hydrogen) atoms. The van der Waals surface area contributed by atoms with Crippen molar-refractivity contribution in [3.8, 4) is 0 Å². The maximum absolute atomic E-state index is 12.4. The van der Waals surface area contributed by atoms with Crippen molar-refractivity contribution in [3.05, 3.63) is 39.7 Å². The molecule has 2 atom stereocenters. The number of hydrogen-bond donors (Lipinski definition) is 2. The molecule has 2 amide bonds. The van der Waals surface area contributed by atoms with Crippen molar-refractivity contribution < 1.29 is 22.7 Å². The summed E-state index contributed by atoms with van der Waals surface area (Å²) in [6.45, 7) is 2.38. The number of rotatable bonds is 3. The molecule has 0 bridgehead atoms. The van der Waals surface area contributed by atoms with Gasteiger partial charge < -0.3 is 10.1 Å². The number of carbonyl (C=O) groups is 1. The molecule has 1 aliphatic rings. The lowest BCUT2D eigenvalue weighted by molar-refractivity contribution is -0.141. The van der Waals surface area contributed by atoms with Crippen molar-refractivity contribution in [1.29, 1.82) is 0 Å². The fraction of sp³-hybridized carbons (Fsp3) is 0.400. The van der Waals surface area contributed by atoms with Gasteiger partial charge in [-0.1, -0.05) is 0 Å². The maximum atomic E-state index is 12.4. The average molecular weight is 372 g/mol. The summed E-state index contributed by atoms with van der Waals surface area (Å²) in [6.07, 6.45) is -3.98. The van der Waals surface area contributed by atoms with E-state index < -0.39 is 17.9 Å². The van der Waals surface area contributed by atoms with E-state index in [0.29, 0.717) is 6.61 Å². The van der Waals surface area contributed by atoms with Gasteiger partial charge >= 0.3 is 12.2 Å². The van der Waals surface area contributed by atoms with E-state index in [1.165, 1.54) is 4.88 Å². The zero-order valence-electron chi connectivity index (χ0n) is 13.1. The average Bonchev–Trinajstić information content (AvgIpc) is 3.02. The first kappa shape index (κ1) is 17.6. The highest BCUT2D eigenvalue weighted by atomic mass is 32.1. The van der Waals surface area contributed by atoms with Gasteiger partial charge in [0, 0.05) is 11.3 Å². The number of thiophene rings is 1. The number of halogens is 3. The molecule has 134 valence electrons. The lowest BCUT2D eigenvalue weighted by Gasteiger charge is -2.29. The molecule has 2 unspecified atom stereocenters. The Balaban J connectivity index is 1.60. The fourth-order valence-corrected chi connectivity index (χ4v) is 3.47. The quantitative estimate of drug-likeness (QED) is 0.866. The second-order valence-electron chi connectivity index (χ2n) is 5.53. The number of carbonyl (C=O) groups excluding carboxylic acids is 1. The summed E-state index contributed by atoms with van der Waals surface area (Å²) in [4.78, 5) is 13.3. The third-order valence-electron chi connectivity index (χ3n) is 3.72. The largest absolute Gasteiger partial charge is 0.435 e. The Bertz CT molecular complexity index is 748. The third-order valence-corrected chi connectivity index (χ3v) is 4.72. The Morgan fingerprint density at radius 1 is 1.36 bits per heavy atom. The van der Waals surface area contributed by atoms with E-state index in [9.17, 15) is 18.0 Å². The molecule has 1 aliphatic heterocycles. The number of amides is 2. The van der Waals surface area contributed by atoms with Gasteiger partial charge in [0.2, 0.25) is 0 Å². The van der Waals surface area contributed by atoms with Crippen LogP contribution in [0.1, 0.15) is 29.2 Å². The SMILES string of the molecule is CC(NC(=O)Nc1ccc(C(F)(F)F)nn1)C1OCCc2sccc21. The summed E-state index contributed by atoms with van der Waals surface area (Å²) in [5, 5.41) is 13.5. The number of nitrogens with one attached hydrogen (secondary N) is 2. The van der Waals surface area contributed by atoms with Crippen molar-refractivity contribution >= 4 is 23.2 Å². The van der Waals surface area contributed by atoms with Crippen molar-refractivity contribution in [1.82, 2.24) is 15.5 Å². The van der Waals surface area contributed by atoms with Gasteiger partial charge in [0.1, 0.15) is 6.10 Å². The van der Waals surface area contributed by atoms with Crippen LogP contribution in [0.25, 0.3) is 0 Å². The van der Waals surface area contributed by atoms with Gasteiger partial charge in [0.25, 0.3) is 0 Å². The van der Waals surface area contributed by atoms with Gasteiger partial charge in [-0.25, -0.2) is 4.79 Å². The van der Waals surface area contributed by atoms with E-state index >= 15 is 0 Å². The van der Waals surface area contributed by atoms with Crippen molar-refractivity contribution in [3.63, 3.8) is 0 Å². The second-order valence-corrected chi connectivity index (χ2v) is 6.53. The maximum Gasteiger partial charge on any atom is 0.435 e. The molecule has 0 saturated heterocycles. The van der Waals surface area contributed by atoms with Crippen LogP contribution in [0.15, 0.2) is 23.6 Å². The molecular weight excluding hydrogens is 357 g/mol. The highest BCUT2D eigenvalue weighted by Crippen LogP contribution is 2.33. The Kier molecular flexibility index (Phi) is 4.91. The number of ether oxygens (including phenoxy) is 1. The molecule has 2 N–H and O–H groups in total. The predicted molar refractivity (Wildman–Crippen MR) is 85.4 cm³/mol. The van der Waals surface area contributed by atoms with Gasteiger partial charge in [0.15, 0.2) is 11.5 Å². The molecule has 2 aromatic rings. The number of hydrogen-bond acceptors (Lipinski definition) is 5. The summed E-state index contributed by atoms with van der Waals surface area (Å²) in [5.41, 5.74) is -0.0641. The first-order valence-electron chi connectivity index (χ1n) is 7.51. The van der Waals surface area contributed by atoms with E-state index in [4.69, 9.17) is 4.74 Å². The van der Waals surface area contributed by atoms with Crippen LogP contribution in [0.5, 0.6) is 0 Å². The van der Waals surface area contributed by atoms with E-state index in [-0.39, 0.29) is 18.0 Å². The molecule has 3 heterocycles. The van der Waals surface area contributed by atoms with Crippen molar-refractivity contribution in [2.24, 2.45) is 0 Å². The van der Waals surface area contributed by atoms with Crippen LogP contribution in [0.2, 0.25) is 0 Å². The molecule has 10 heteroatoms. The Morgan fingerprint density at radius 3 is 2.84 bits per heavy atom. The van der Waals surface area contributed by atoms with Gasteiger partial charge in [-0.05, 0) is 36.1 Å². The van der Waals surface area contributed by atoms with E-state index in [1.54, 1.807) is 18.3 Å². The molecule has 0 radical (unpaired) electrons. The summed E-state index contributed by atoms with van der Waals surface area (Å²) in [5.74, 6) is -0.0708. The van der Waals surface area contributed by atoms with E-state index in [2.05, 4.69) is 20.8 Å². The Hall–Kier alpha value is -2.20. The topological polar surface area (TPSA) is 76.1 Å².